The fourth-order valence-electron chi connectivity index (χ4n) is 1.18. The van der Waals surface area contributed by atoms with Crippen molar-refractivity contribution in [2.75, 3.05) is 6.54 Å². The molecule has 0 heterocycles. The molecule has 0 saturated carbocycles. The third-order valence-corrected chi connectivity index (χ3v) is 2.97. The molecule has 1 aromatic rings. The molecule has 1 aromatic carbocycles. The Morgan fingerprint density at radius 2 is 2.18 bits per heavy atom. The molecule has 0 radical (unpaired) electrons. The van der Waals surface area contributed by atoms with E-state index in [1.165, 1.54) is 12.1 Å². The van der Waals surface area contributed by atoms with Gasteiger partial charge in [0.25, 0.3) is 5.91 Å². The van der Waals surface area contributed by atoms with Crippen molar-refractivity contribution in [1.82, 2.24) is 5.32 Å². The predicted octanol–water partition coefficient (Wildman–Crippen LogP) is 2.48. The Labute approximate surface area is 108 Å². The summed E-state index contributed by atoms with van der Waals surface area (Å²) in [6.45, 7) is 3.59. The molecular weight excluding hydrogens is 289 g/mol. The number of nitrogens with one attached hydrogen (secondary N) is 1. The number of aliphatic hydroxyl groups is 1. The topological polar surface area (TPSA) is 49.3 Å². The molecular formula is C12H15BrFNO2. The van der Waals surface area contributed by atoms with Gasteiger partial charge in [-0.1, -0.05) is 22.9 Å². The van der Waals surface area contributed by atoms with Gasteiger partial charge in [0.1, 0.15) is 5.82 Å². The van der Waals surface area contributed by atoms with Crippen LogP contribution in [0.3, 0.4) is 0 Å². The van der Waals surface area contributed by atoms with E-state index in [0.29, 0.717) is 10.9 Å². The Hall–Kier alpha value is -0.940. The smallest absolute Gasteiger partial charge is 0.251 e. The van der Waals surface area contributed by atoms with Crippen molar-refractivity contribution in [3.63, 3.8) is 0 Å². The van der Waals surface area contributed by atoms with Crippen molar-refractivity contribution in [1.29, 1.82) is 0 Å². The van der Waals surface area contributed by atoms with Crippen LogP contribution in [0.1, 0.15) is 30.6 Å². The molecule has 0 aliphatic rings. The average Bonchev–Trinajstić information content (AvgIpc) is 2.24. The number of benzene rings is 1. The van der Waals surface area contributed by atoms with E-state index in [0.717, 1.165) is 6.07 Å². The highest BCUT2D eigenvalue weighted by Gasteiger charge is 2.19. The number of rotatable bonds is 4. The Bertz CT molecular complexity index is 401. The Kier molecular flexibility index (Phi) is 4.65. The van der Waals surface area contributed by atoms with Crippen LogP contribution in [-0.4, -0.2) is 23.2 Å². The Morgan fingerprint density at radius 1 is 1.53 bits per heavy atom. The summed E-state index contributed by atoms with van der Waals surface area (Å²) >= 11 is 3.12. The molecule has 1 unspecified atom stereocenters. The van der Waals surface area contributed by atoms with Crippen molar-refractivity contribution in [2.45, 2.75) is 25.9 Å². The second-order valence-electron chi connectivity index (χ2n) is 4.19. The van der Waals surface area contributed by atoms with Crippen LogP contribution < -0.4 is 5.32 Å². The van der Waals surface area contributed by atoms with Gasteiger partial charge in [-0.25, -0.2) is 4.39 Å². The minimum Gasteiger partial charge on any atom is -0.388 e. The lowest BCUT2D eigenvalue weighted by atomic mass is 10.0. The van der Waals surface area contributed by atoms with Crippen molar-refractivity contribution >= 4 is 21.8 Å². The molecule has 1 amide bonds. The molecule has 1 rings (SSSR count). The lowest BCUT2D eigenvalue weighted by Crippen LogP contribution is -2.40. The third-order valence-electron chi connectivity index (χ3n) is 2.52. The Balaban J connectivity index is 2.70. The number of carbonyl (C=O) groups is 1. The van der Waals surface area contributed by atoms with Gasteiger partial charge in [-0.05, 0) is 31.5 Å². The summed E-state index contributed by atoms with van der Waals surface area (Å²) in [4.78, 5) is 11.7. The maximum absolute atomic E-state index is 13.1. The van der Waals surface area contributed by atoms with Gasteiger partial charge in [0.15, 0.2) is 0 Å². The quantitative estimate of drug-likeness (QED) is 0.898. The lowest BCUT2D eigenvalue weighted by molar-refractivity contribution is 0.0518. The highest BCUT2D eigenvalue weighted by molar-refractivity contribution is 9.10. The molecule has 94 valence electrons. The molecule has 0 bridgehead atoms. The van der Waals surface area contributed by atoms with Crippen molar-refractivity contribution in [3.8, 4) is 0 Å². The third kappa shape index (κ3) is 4.44. The molecule has 1 atom stereocenters. The number of carbonyl (C=O) groups excluding carboxylic acids is 1. The maximum atomic E-state index is 13.1. The Morgan fingerprint density at radius 3 is 2.71 bits per heavy atom. The molecule has 0 spiro atoms. The first-order valence-electron chi connectivity index (χ1n) is 5.31. The van der Waals surface area contributed by atoms with E-state index < -0.39 is 17.3 Å². The van der Waals surface area contributed by atoms with Crippen LogP contribution in [0.4, 0.5) is 4.39 Å². The van der Waals surface area contributed by atoms with Gasteiger partial charge in [0, 0.05) is 16.6 Å². The average molecular weight is 304 g/mol. The fraction of sp³-hybridized carbons (Fsp3) is 0.417. The number of hydrogen-bond acceptors (Lipinski definition) is 2. The van der Waals surface area contributed by atoms with Gasteiger partial charge < -0.3 is 10.4 Å². The van der Waals surface area contributed by atoms with Gasteiger partial charge in [0.2, 0.25) is 0 Å². The summed E-state index contributed by atoms with van der Waals surface area (Å²) in [5, 5.41) is 12.3. The zero-order valence-corrected chi connectivity index (χ0v) is 11.3. The largest absolute Gasteiger partial charge is 0.388 e. The first-order chi connectivity index (χ1) is 7.84. The predicted molar refractivity (Wildman–Crippen MR) is 67.3 cm³/mol. The normalized spacial score (nSPS) is 14.2. The molecule has 0 aliphatic heterocycles. The van der Waals surface area contributed by atoms with Gasteiger partial charge in [-0.2, -0.15) is 0 Å². The fourth-order valence-corrected chi connectivity index (χ4v) is 1.65. The summed E-state index contributed by atoms with van der Waals surface area (Å²) in [5.41, 5.74) is -0.719. The van der Waals surface area contributed by atoms with E-state index in [1.54, 1.807) is 6.92 Å². The first kappa shape index (κ1) is 14.1. The van der Waals surface area contributed by atoms with Crippen LogP contribution in [0, 0.1) is 5.82 Å². The number of amides is 1. The van der Waals surface area contributed by atoms with E-state index in [4.69, 9.17) is 0 Å². The molecule has 0 aromatic heterocycles. The summed E-state index contributed by atoms with van der Waals surface area (Å²) in [5.74, 6) is -0.884. The summed E-state index contributed by atoms with van der Waals surface area (Å²) in [6, 6.07) is 3.96. The van der Waals surface area contributed by atoms with E-state index in [1.807, 2.05) is 6.92 Å². The zero-order valence-electron chi connectivity index (χ0n) is 9.76. The molecule has 0 fully saturated rings. The molecule has 0 saturated heterocycles. The van der Waals surface area contributed by atoms with E-state index in [2.05, 4.69) is 21.2 Å². The molecule has 17 heavy (non-hydrogen) atoms. The van der Waals surface area contributed by atoms with Gasteiger partial charge in [-0.3, -0.25) is 4.79 Å². The minimum absolute atomic E-state index is 0.135. The SMILES string of the molecule is CCC(C)(O)CNC(=O)c1cc(F)cc(Br)c1. The molecule has 2 N–H and O–H groups in total. The van der Waals surface area contributed by atoms with Crippen LogP contribution in [0.5, 0.6) is 0 Å². The minimum atomic E-state index is -0.944. The standard InChI is InChI=1S/C12H15BrFNO2/c1-3-12(2,17)7-15-11(16)8-4-9(13)6-10(14)5-8/h4-6,17H,3,7H2,1-2H3,(H,15,16). The number of hydrogen-bond donors (Lipinski definition) is 2. The van der Waals surface area contributed by atoms with Gasteiger partial charge >= 0.3 is 0 Å². The molecule has 0 aliphatic carbocycles. The van der Waals surface area contributed by atoms with Crippen LogP contribution >= 0.6 is 15.9 Å². The second kappa shape index (κ2) is 5.60. The lowest BCUT2D eigenvalue weighted by Gasteiger charge is -2.21. The van der Waals surface area contributed by atoms with E-state index in [-0.39, 0.29) is 12.1 Å². The maximum Gasteiger partial charge on any atom is 0.251 e. The number of halogens is 2. The van der Waals surface area contributed by atoms with Crippen LogP contribution in [-0.2, 0) is 0 Å². The summed E-state index contributed by atoms with van der Waals surface area (Å²) in [6.07, 6.45) is 0.528. The van der Waals surface area contributed by atoms with Crippen LogP contribution in [0.25, 0.3) is 0 Å². The highest BCUT2D eigenvalue weighted by atomic mass is 79.9. The molecule has 3 nitrogen and oxygen atoms in total. The van der Waals surface area contributed by atoms with Crippen molar-refractivity contribution in [2.24, 2.45) is 0 Å². The highest BCUT2D eigenvalue weighted by Crippen LogP contribution is 2.15. The monoisotopic (exact) mass is 303 g/mol. The van der Waals surface area contributed by atoms with Gasteiger partial charge in [-0.15, -0.1) is 0 Å². The van der Waals surface area contributed by atoms with Gasteiger partial charge in [0.05, 0.1) is 5.60 Å². The first-order valence-corrected chi connectivity index (χ1v) is 6.10. The van der Waals surface area contributed by atoms with Crippen molar-refractivity contribution < 1.29 is 14.3 Å². The zero-order chi connectivity index (χ0) is 13.1. The van der Waals surface area contributed by atoms with Crippen LogP contribution in [0.2, 0.25) is 0 Å². The summed E-state index contributed by atoms with van der Waals surface area (Å²) < 4.78 is 13.6. The van der Waals surface area contributed by atoms with E-state index >= 15 is 0 Å². The summed E-state index contributed by atoms with van der Waals surface area (Å²) in [7, 11) is 0. The molecule has 5 heteroatoms. The van der Waals surface area contributed by atoms with E-state index in [9.17, 15) is 14.3 Å². The van der Waals surface area contributed by atoms with Crippen molar-refractivity contribution in [3.05, 3.63) is 34.1 Å². The second-order valence-corrected chi connectivity index (χ2v) is 5.11. The van der Waals surface area contributed by atoms with Crippen LogP contribution in [0.15, 0.2) is 22.7 Å².